The molecule has 2 atom stereocenters. The maximum atomic E-state index is 13.5. The molecule has 1 aliphatic heterocycles. The molecule has 164 valence electrons. The molecule has 0 spiro atoms. The second-order valence-electron chi connectivity index (χ2n) is 7.55. The van der Waals surface area contributed by atoms with Gasteiger partial charge in [-0.15, -0.1) is 0 Å². The zero-order chi connectivity index (χ0) is 23.0. The Morgan fingerprint density at radius 2 is 1.72 bits per heavy atom. The molecule has 8 nitrogen and oxygen atoms in total. The molecule has 3 amide bonds. The second-order valence-corrected chi connectivity index (χ2v) is 8.39. The molecule has 0 saturated carbocycles. The van der Waals surface area contributed by atoms with Gasteiger partial charge in [-0.25, -0.2) is 5.01 Å². The number of carbonyl (C=O) groups is 3. The van der Waals surface area contributed by atoms with Crippen LogP contribution < -0.4 is 0 Å². The van der Waals surface area contributed by atoms with Crippen LogP contribution in [0.3, 0.4) is 0 Å². The normalized spacial score (nSPS) is 19.8. The van der Waals surface area contributed by atoms with Gasteiger partial charge in [0, 0.05) is 27.7 Å². The minimum Gasteiger partial charge on any atom is -0.272 e. The Bertz CT molecular complexity index is 1140. The van der Waals surface area contributed by atoms with Crippen molar-refractivity contribution in [1.29, 1.82) is 0 Å². The van der Waals surface area contributed by atoms with E-state index >= 15 is 0 Å². The number of halogens is 2. The van der Waals surface area contributed by atoms with E-state index in [1.54, 1.807) is 12.1 Å². The van der Waals surface area contributed by atoms with E-state index in [9.17, 15) is 24.5 Å². The van der Waals surface area contributed by atoms with Crippen molar-refractivity contribution in [2.75, 3.05) is 0 Å². The molecule has 1 fully saturated rings. The van der Waals surface area contributed by atoms with Crippen LogP contribution in [0.1, 0.15) is 28.8 Å². The number of fused-ring (bicyclic) bond motifs is 1. The summed E-state index contributed by atoms with van der Waals surface area (Å²) in [6.45, 7) is -0.193. The van der Waals surface area contributed by atoms with Gasteiger partial charge in [0.1, 0.15) is 0 Å². The summed E-state index contributed by atoms with van der Waals surface area (Å²) in [6, 6.07) is 9.80. The third-order valence-corrected chi connectivity index (χ3v) is 6.19. The van der Waals surface area contributed by atoms with E-state index in [2.05, 4.69) is 0 Å². The number of nitrogens with zero attached hydrogens (tertiary/aromatic N) is 3. The summed E-state index contributed by atoms with van der Waals surface area (Å²) in [5, 5.41) is 13.7. The van der Waals surface area contributed by atoms with Crippen LogP contribution in [0.5, 0.6) is 0 Å². The molecule has 10 heteroatoms. The summed E-state index contributed by atoms with van der Waals surface area (Å²) in [7, 11) is 0. The summed E-state index contributed by atoms with van der Waals surface area (Å²) in [6.07, 6.45) is 4.51. The maximum Gasteiger partial charge on any atom is 0.273 e. The predicted molar refractivity (Wildman–Crippen MR) is 117 cm³/mol. The molecule has 32 heavy (non-hydrogen) atoms. The first-order valence-corrected chi connectivity index (χ1v) is 10.6. The number of hydrazine groups is 1. The number of hydrogen-bond donors (Lipinski definition) is 0. The van der Waals surface area contributed by atoms with E-state index in [4.69, 9.17) is 23.2 Å². The first-order valence-electron chi connectivity index (χ1n) is 9.81. The number of benzene rings is 2. The van der Waals surface area contributed by atoms with Crippen LogP contribution in [0.25, 0.3) is 0 Å². The zero-order valence-corrected chi connectivity index (χ0v) is 18.1. The Morgan fingerprint density at radius 3 is 2.31 bits per heavy atom. The first-order chi connectivity index (χ1) is 15.3. The molecule has 0 N–H and O–H groups in total. The quantitative estimate of drug-likeness (QED) is 0.277. The number of non-ortho nitro benzene ring substituents is 1. The Labute approximate surface area is 193 Å². The van der Waals surface area contributed by atoms with Crippen LogP contribution in [0, 0.1) is 22.0 Å². The lowest BCUT2D eigenvalue weighted by Gasteiger charge is -2.31. The highest BCUT2D eigenvalue weighted by atomic mass is 35.5. The lowest BCUT2D eigenvalue weighted by atomic mass is 9.85. The summed E-state index contributed by atoms with van der Waals surface area (Å²) >= 11 is 12.2. The third kappa shape index (κ3) is 3.99. The molecule has 0 radical (unpaired) electrons. The molecule has 0 unspecified atom stereocenters. The number of allylic oxidation sites excluding steroid dienone is 2. The average Bonchev–Trinajstić information content (AvgIpc) is 3.03. The fourth-order valence-electron chi connectivity index (χ4n) is 3.97. The van der Waals surface area contributed by atoms with Crippen molar-refractivity contribution in [3.63, 3.8) is 0 Å². The highest BCUT2D eigenvalue weighted by Gasteiger charge is 2.51. The van der Waals surface area contributed by atoms with Crippen LogP contribution in [0.2, 0.25) is 10.0 Å². The fourth-order valence-corrected chi connectivity index (χ4v) is 4.44. The van der Waals surface area contributed by atoms with Crippen LogP contribution in [-0.2, 0) is 16.1 Å². The second kappa shape index (κ2) is 8.72. The topological polar surface area (TPSA) is 101 Å². The average molecular weight is 474 g/mol. The number of carbonyl (C=O) groups excluding carboxylic acids is 3. The number of amides is 3. The highest BCUT2D eigenvalue weighted by Crippen LogP contribution is 2.37. The number of imide groups is 1. The van der Waals surface area contributed by atoms with Crippen LogP contribution >= 0.6 is 23.2 Å². The Morgan fingerprint density at radius 1 is 1.06 bits per heavy atom. The largest absolute Gasteiger partial charge is 0.273 e. The van der Waals surface area contributed by atoms with Crippen molar-refractivity contribution in [2.24, 2.45) is 11.8 Å². The SMILES string of the molecule is O=C(c1cccc([N+](=O)[O-])c1)N(Cc1ccc(Cl)cc1Cl)N1C(=O)[C@H]2CC=CC[C@@H]2C1=O. The number of nitro groups is 1. The molecular weight excluding hydrogens is 457 g/mol. The molecular formula is C22H17Cl2N3O5. The number of hydrogen-bond acceptors (Lipinski definition) is 5. The molecule has 0 aromatic heterocycles. The molecule has 2 aliphatic rings. The summed E-state index contributed by atoms with van der Waals surface area (Å²) in [4.78, 5) is 50.3. The molecule has 4 rings (SSSR count). The third-order valence-electron chi connectivity index (χ3n) is 5.60. The monoisotopic (exact) mass is 473 g/mol. The van der Waals surface area contributed by atoms with Gasteiger partial charge in [-0.05, 0) is 36.6 Å². The van der Waals surface area contributed by atoms with Crippen molar-refractivity contribution in [2.45, 2.75) is 19.4 Å². The molecule has 2 aromatic rings. The Kier molecular flexibility index (Phi) is 5.99. The van der Waals surface area contributed by atoms with Crippen LogP contribution in [0.4, 0.5) is 5.69 Å². The van der Waals surface area contributed by atoms with Crippen LogP contribution in [-0.4, -0.2) is 32.7 Å². The lowest BCUT2D eigenvalue weighted by Crippen LogP contribution is -2.49. The van der Waals surface area contributed by atoms with Gasteiger partial charge < -0.3 is 0 Å². The molecule has 0 bridgehead atoms. The van der Waals surface area contributed by atoms with Gasteiger partial charge in [-0.3, -0.25) is 24.5 Å². The van der Waals surface area contributed by atoms with E-state index in [1.807, 2.05) is 12.2 Å². The van der Waals surface area contributed by atoms with Gasteiger partial charge in [-0.1, -0.05) is 47.5 Å². The van der Waals surface area contributed by atoms with Crippen LogP contribution in [0.15, 0.2) is 54.6 Å². The van der Waals surface area contributed by atoms with E-state index in [1.165, 1.54) is 24.3 Å². The van der Waals surface area contributed by atoms with Crippen molar-refractivity contribution < 1.29 is 19.3 Å². The zero-order valence-electron chi connectivity index (χ0n) is 16.6. The Hall–Kier alpha value is -3.23. The summed E-state index contributed by atoms with van der Waals surface area (Å²) in [5.41, 5.74) is 0.151. The molecule has 1 heterocycles. The Balaban J connectivity index is 1.75. The van der Waals surface area contributed by atoms with E-state index in [0.29, 0.717) is 23.4 Å². The minimum atomic E-state index is -0.729. The first kappa shape index (κ1) is 22.0. The number of rotatable bonds is 5. The van der Waals surface area contributed by atoms with Gasteiger partial charge >= 0.3 is 0 Å². The minimum absolute atomic E-state index is 0.0297. The van der Waals surface area contributed by atoms with E-state index in [0.717, 1.165) is 16.1 Å². The molecule has 1 aliphatic carbocycles. The molecule has 1 saturated heterocycles. The fraction of sp³-hybridized carbons (Fsp3) is 0.227. The smallest absolute Gasteiger partial charge is 0.272 e. The van der Waals surface area contributed by atoms with Gasteiger partial charge in [0.15, 0.2) is 0 Å². The van der Waals surface area contributed by atoms with Gasteiger partial charge in [0.05, 0.1) is 23.3 Å². The summed E-state index contributed by atoms with van der Waals surface area (Å²) < 4.78 is 0. The number of nitro benzene ring substituents is 1. The predicted octanol–water partition coefficient (Wildman–Crippen LogP) is 4.41. The molecule has 2 aromatic carbocycles. The van der Waals surface area contributed by atoms with Crippen molar-refractivity contribution in [3.05, 3.63) is 85.9 Å². The lowest BCUT2D eigenvalue weighted by molar-refractivity contribution is -0.384. The van der Waals surface area contributed by atoms with E-state index < -0.39 is 34.5 Å². The maximum absolute atomic E-state index is 13.5. The van der Waals surface area contributed by atoms with E-state index in [-0.39, 0.29) is 22.8 Å². The van der Waals surface area contributed by atoms with Crippen molar-refractivity contribution in [1.82, 2.24) is 10.0 Å². The summed E-state index contributed by atoms with van der Waals surface area (Å²) in [5.74, 6) is -2.78. The standard InChI is InChI=1S/C22H17Cl2N3O5/c23-15-9-8-14(19(24)11-15)12-25(20(28)13-4-3-5-16(10-13)27(31)32)26-21(29)17-6-1-2-7-18(17)22(26)30/h1-5,8-11,17-18H,6-7,12H2/t17-,18-/m0/s1. The van der Waals surface area contributed by atoms with Gasteiger partial charge in [0.25, 0.3) is 23.4 Å². The van der Waals surface area contributed by atoms with Gasteiger partial charge in [0.2, 0.25) is 0 Å². The van der Waals surface area contributed by atoms with Crippen molar-refractivity contribution >= 4 is 46.6 Å². The van der Waals surface area contributed by atoms with Gasteiger partial charge in [-0.2, -0.15) is 5.01 Å². The van der Waals surface area contributed by atoms with Crippen molar-refractivity contribution in [3.8, 4) is 0 Å². The highest BCUT2D eigenvalue weighted by molar-refractivity contribution is 6.35.